The van der Waals surface area contributed by atoms with E-state index >= 15 is 0 Å². The first-order valence-electron chi connectivity index (χ1n) is 15.1. The van der Waals surface area contributed by atoms with Crippen LogP contribution in [0.15, 0.2) is 24.3 Å². The summed E-state index contributed by atoms with van der Waals surface area (Å²) in [5.41, 5.74) is 2.02. The van der Waals surface area contributed by atoms with Crippen LogP contribution in [-0.2, 0) is 16.1 Å². The largest absolute Gasteiger partial charge is 0.493 e. The SMILES string of the molecule is COc1ccc(-c2c(C)nn3c(N(Cc4sc(C)nc4C)C(=O)OC(C)(C)C)cc(N4CCN(C(C)=O)CC4)nc23)cc1OC(F)F. The molecule has 1 aromatic carbocycles. The first kappa shape index (κ1) is 33.8. The number of aryl methyl sites for hydroxylation is 3. The number of alkyl halides is 2. The van der Waals surface area contributed by atoms with Gasteiger partial charge in [0.2, 0.25) is 5.91 Å². The van der Waals surface area contributed by atoms with Gasteiger partial charge in [0.25, 0.3) is 0 Å². The zero-order chi connectivity index (χ0) is 34.2. The van der Waals surface area contributed by atoms with E-state index in [1.807, 2.05) is 18.7 Å². The number of aromatic nitrogens is 4. The Morgan fingerprint density at radius 2 is 1.72 bits per heavy atom. The molecule has 0 N–H and O–H groups in total. The van der Waals surface area contributed by atoms with Crippen molar-refractivity contribution < 1.29 is 32.6 Å². The van der Waals surface area contributed by atoms with E-state index in [0.717, 1.165) is 15.6 Å². The van der Waals surface area contributed by atoms with Gasteiger partial charge >= 0.3 is 12.7 Å². The molecule has 1 saturated heterocycles. The topological polar surface area (TPSA) is 115 Å². The number of halogens is 2. The molecule has 4 aromatic rings. The molecule has 0 saturated carbocycles. The fourth-order valence-electron chi connectivity index (χ4n) is 5.48. The summed E-state index contributed by atoms with van der Waals surface area (Å²) in [6.45, 7) is 11.7. The van der Waals surface area contributed by atoms with Crippen LogP contribution in [0.2, 0.25) is 0 Å². The van der Waals surface area contributed by atoms with Crippen LogP contribution in [0.25, 0.3) is 16.8 Å². The van der Waals surface area contributed by atoms with E-state index in [1.165, 1.54) is 29.4 Å². The van der Waals surface area contributed by atoms with Gasteiger partial charge in [-0.2, -0.15) is 18.4 Å². The van der Waals surface area contributed by atoms with Crippen molar-refractivity contribution in [2.75, 3.05) is 43.1 Å². The molecule has 1 fully saturated rings. The van der Waals surface area contributed by atoms with Crippen molar-refractivity contribution in [3.63, 3.8) is 0 Å². The fraction of sp³-hybridized carbons (Fsp3) is 0.469. The minimum atomic E-state index is -3.06. The molecule has 4 heterocycles. The average Bonchev–Trinajstić information content (AvgIpc) is 3.50. The third kappa shape index (κ3) is 7.39. The smallest absolute Gasteiger partial charge is 0.416 e. The lowest BCUT2D eigenvalue weighted by Gasteiger charge is -2.35. The molecule has 12 nitrogen and oxygen atoms in total. The normalized spacial score (nSPS) is 13.8. The second-order valence-corrected chi connectivity index (χ2v) is 13.5. The fourth-order valence-corrected chi connectivity index (χ4v) is 6.40. The Hall–Kier alpha value is -4.53. The first-order chi connectivity index (χ1) is 22.1. The van der Waals surface area contributed by atoms with E-state index in [4.69, 9.17) is 24.3 Å². The summed E-state index contributed by atoms with van der Waals surface area (Å²) in [5, 5.41) is 5.68. The number of methoxy groups -OCH3 is 1. The quantitative estimate of drug-likeness (QED) is 0.223. The molecule has 252 valence electrons. The Bertz CT molecular complexity index is 1790. The van der Waals surface area contributed by atoms with Crippen LogP contribution in [0.1, 0.15) is 49.0 Å². The van der Waals surface area contributed by atoms with Gasteiger partial charge in [-0.15, -0.1) is 11.3 Å². The molecule has 0 unspecified atom stereocenters. The lowest BCUT2D eigenvalue weighted by Crippen LogP contribution is -2.48. The Kier molecular flexibility index (Phi) is 9.57. The Balaban J connectivity index is 1.73. The molecule has 1 aliphatic heterocycles. The van der Waals surface area contributed by atoms with Gasteiger partial charge in [-0.25, -0.2) is 14.8 Å². The number of benzene rings is 1. The van der Waals surface area contributed by atoms with Crippen LogP contribution in [-0.4, -0.2) is 82.0 Å². The van der Waals surface area contributed by atoms with E-state index in [-0.39, 0.29) is 24.0 Å². The molecule has 15 heteroatoms. The number of carbonyl (C=O) groups excluding carboxylic acids is 2. The number of piperazine rings is 1. The van der Waals surface area contributed by atoms with Crippen LogP contribution in [0.5, 0.6) is 11.5 Å². The third-order valence-corrected chi connectivity index (χ3v) is 8.70. The van der Waals surface area contributed by atoms with Crippen molar-refractivity contribution in [3.05, 3.63) is 45.5 Å². The van der Waals surface area contributed by atoms with Crippen molar-refractivity contribution in [2.24, 2.45) is 0 Å². The molecular weight excluding hydrogens is 632 g/mol. The predicted molar refractivity (Wildman–Crippen MR) is 175 cm³/mol. The van der Waals surface area contributed by atoms with Crippen molar-refractivity contribution in [2.45, 2.75) is 67.2 Å². The molecular formula is C32H39F2N7O5S. The molecule has 0 atom stereocenters. The highest BCUT2D eigenvalue weighted by Crippen LogP contribution is 2.38. The monoisotopic (exact) mass is 671 g/mol. The van der Waals surface area contributed by atoms with Crippen molar-refractivity contribution in [1.82, 2.24) is 24.5 Å². The number of carbonyl (C=O) groups is 2. The second-order valence-electron chi connectivity index (χ2n) is 12.2. The molecule has 1 aliphatic rings. The minimum Gasteiger partial charge on any atom is -0.493 e. The maximum atomic E-state index is 14.0. The van der Waals surface area contributed by atoms with Gasteiger partial charge in [0.15, 0.2) is 17.1 Å². The molecule has 0 aliphatic carbocycles. The zero-order valence-corrected chi connectivity index (χ0v) is 28.6. The highest BCUT2D eigenvalue weighted by molar-refractivity contribution is 7.11. The highest BCUT2D eigenvalue weighted by Gasteiger charge is 2.31. The standard InChI is InChI=1S/C32H39F2N7O5S/c1-18-25(47-20(3)35-18)17-40(31(43)46-32(5,6)7)27-16-26(39-13-11-38(12-14-39)21(4)42)36-29-28(19(2)37-41(27)29)22-9-10-23(44-8)24(15-22)45-30(33)34/h9-10,15-16,30H,11-14,17H2,1-8H3. The summed E-state index contributed by atoms with van der Waals surface area (Å²) in [7, 11) is 1.37. The summed E-state index contributed by atoms with van der Waals surface area (Å²) >= 11 is 1.49. The second kappa shape index (κ2) is 13.3. The van der Waals surface area contributed by atoms with Gasteiger partial charge in [0.1, 0.15) is 17.2 Å². The summed E-state index contributed by atoms with van der Waals surface area (Å²) in [6.07, 6.45) is -0.588. The Morgan fingerprint density at radius 3 is 2.30 bits per heavy atom. The lowest BCUT2D eigenvalue weighted by molar-refractivity contribution is -0.129. The summed E-state index contributed by atoms with van der Waals surface area (Å²) < 4.78 is 44.2. The van der Waals surface area contributed by atoms with E-state index < -0.39 is 18.3 Å². The van der Waals surface area contributed by atoms with E-state index in [0.29, 0.717) is 60.3 Å². The van der Waals surface area contributed by atoms with Crippen molar-refractivity contribution in [3.8, 4) is 22.6 Å². The molecule has 5 rings (SSSR count). The van der Waals surface area contributed by atoms with Crippen LogP contribution in [0.4, 0.5) is 25.2 Å². The van der Waals surface area contributed by atoms with Crippen LogP contribution >= 0.6 is 11.3 Å². The van der Waals surface area contributed by atoms with Crippen LogP contribution in [0, 0.1) is 20.8 Å². The van der Waals surface area contributed by atoms with Crippen LogP contribution < -0.4 is 19.3 Å². The number of anilines is 2. The average molecular weight is 672 g/mol. The third-order valence-electron chi connectivity index (χ3n) is 7.64. The number of hydrogen-bond acceptors (Lipinski definition) is 10. The van der Waals surface area contributed by atoms with E-state index in [9.17, 15) is 18.4 Å². The number of ether oxygens (including phenoxy) is 3. The molecule has 2 amide bonds. The first-order valence-corrected chi connectivity index (χ1v) is 15.9. The molecule has 3 aromatic heterocycles. The highest BCUT2D eigenvalue weighted by atomic mass is 32.1. The minimum absolute atomic E-state index is 0.00454. The number of fused-ring (bicyclic) bond motifs is 1. The Labute approximate surface area is 275 Å². The van der Waals surface area contributed by atoms with E-state index in [2.05, 4.69) is 4.98 Å². The zero-order valence-electron chi connectivity index (χ0n) is 27.8. The van der Waals surface area contributed by atoms with Gasteiger partial charge in [0.05, 0.1) is 30.1 Å². The van der Waals surface area contributed by atoms with Gasteiger partial charge in [-0.1, -0.05) is 6.07 Å². The number of rotatable bonds is 8. The molecule has 0 radical (unpaired) electrons. The summed E-state index contributed by atoms with van der Waals surface area (Å²) in [4.78, 5) is 41.8. The number of amides is 2. The van der Waals surface area contributed by atoms with Crippen molar-refractivity contribution in [1.29, 1.82) is 0 Å². The number of thiazole rings is 1. The van der Waals surface area contributed by atoms with Gasteiger partial charge in [0, 0.05) is 49.6 Å². The number of nitrogens with zero attached hydrogens (tertiary/aromatic N) is 7. The van der Waals surface area contributed by atoms with E-state index in [1.54, 1.807) is 62.2 Å². The lowest BCUT2D eigenvalue weighted by atomic mass is 10.1. The molecule has 0 bridgehead atoms. The number of hydrogen-bond donors (Lipinski definition) is 0. The maximum absolute atomic E-state index is 14.0. The molecule has 47 heavy (non-hydrogen) atoms. The molecule has 0 spiro atoms. The van der Waals surface area contributed by atoms with Gasteiger partial charge < -0.3 is 24.0 Å². The summed E-state index contributed by atoms with van der Waals surface area (Å²) in [6, 6.07) is 6.52. The van der Waals surface area contributed by atoms with Crippen LogP contribution in [0.3, 0.4) is 0 Å². The van der Waals surface area contributed by atoms with Crippen molar-refractivity contribution >= 4 is 40.6 Å². The Morgan fingerprint density at radius 1 is 1.02 bits per heavy atom. The predicted octanol–water partition coefficient (Wildman–Crippen LogP) is 6.00. The summed E-state index contributed by atoms with van der Waals surface area (Å²) in [5.74, 6) is 0.954. The van der Waals surface area contributed by atoms with Gasteiger partial charge in [-0.05, 0) is 59.2 Å². The van der Waals surface area contributed by atoms with Gasteiger partial charge in [-0.3, -0.25) is 9.69 Å². The maximum Gasteiger partial charge on any atom is 0.416 e.